The standard InChI is InChI=1S/C14H24N2S/c17-14(15-12-4-2-1-3-5-12)16-13-9-10-6-7-11(13)8-10/h10-13H,1-9H2,(H2,15,16,17)/t10-,11-,13-/m0/s1. The fourth-order valence-corrected chi connectivity index (χ4v) is 4.38. The zero-order valence-electron chi connectivity index (χ0n) is 10.6. The smallest absolute Gasteiger partial charge is 0.166 e. The lowest BCUT2D eigenvalue weighted by atomic mass is 9.95. The van der Waals surface area contributed by atoms with E-state index in [2.05, 4.69) is 10.6 Å². The Morgan fingerprint density at radius 2 is 1.71 bits per heavy atom. The summed E-state index contributed by atoms with van der Waals surface area (Å²) in [5.41, 5.74) is 0. The Balaban J connectivity index is 1.44. The topological polar surface area (TPSA) is 24.1 Å². The van der Waals surface area contributed by atoms with E-state index in [-0.39, 0.29) is 0 Å². The molecule has 3 aliphatic carbocycles. The molecular weight excluding hydrogens is 228 g/mol. The van der Waals surface area contributed by atoms with Crippen molar-refractivity contribution >= 4 is 17.3 Å². The fraction of sp³-hybridized carbons (Fsp3) is 0.929. The first-order chi connectivity index (χ1) is 8.31. The second-order valence-corrected chi connectivity index (χ2v) is 6.64. The van der Waals surface area contributed by atoms with Crippen molar-refractivity contribution in [2.24, 2.45) is 11.8 Å². The lowest BCUT2D eigenvalue weighted by molar-refractivity contribution is 0.378. The molecule has 0 radical (unpaired) electrons. The largest absolute Gasteiger partial charge is 0.360 e. The summed E-state index contributed by atoms with van der Waals surface area (Å²) < 4.78 is 0. The molecule has 0 aromatic carbocycles. The van der Waals surface area contributed by atoms with Gasteiger partial charge in [0.05, 0.1) is 0 Å². The van der Waals surface area contributed by atoms with Crippen LogP contribution < -0.4 is 10.6 Å². The van der Waals surface area contributed by atoms with Crippen LogP contribution in [0.1, 0.15) is 57.8 Å². The number of hydrogen-bond donors (Lipinski definition) is 2. The van der Waals surface area contributed by atoms with Crippen LogP contribution in [-0.2, 0) is 0 Å². The van der Waals surface area contributed by atoms with Gasteiger partial charge in [0.1, 0.15) is 0 Å². The van der Waals surface area contributed by atoms with Crippen molar-refractivity contribution in [1.82, 2.24) is 10.6 Å². The van der Waals surface area contributed by atoms with Crippen LogP contribution in [0.2, 0.25) is 0 Å². The molecule has 3 heteroatoms. The van der Waals surface area contributed by atoms with Gasteiger partial charge in [-0.05, 0) is 56.2 Å². The Labute approximate surface area is 110 Å². The van der Waals surface area contributed by atoms with Crippen molar-refractivity contribution in [2.45, 2.75) is 69.9 Å². The van der Waals surface area contributed by atoms with Crippen LogP contribution in [0.15, 0.2) is 0 Å². The highest BCUT2D eigenvalue weighted by atomic mass is 32.1. The molecule has 3 rings (SSSR count). The zero-order chi connectivity index (χ0) is 11.7. The molecule has 0 aliphatic heterocycles. The minimum Gasteiger partial charge on any atom is -0.360 e. The fourth-order valence-electron chi connectivity index (χ4n) is 4.06. The van der Waals surface area contributed by atoms with Gasteiger partial charge in [-0.25, -0.2) is 0 Å². The van der Waals surface area contributed by atoms with Crippen LogP contribution in [0.3, 0.4) is 0 Å². The summed E-state index contributed by atoms with van der Waals surface area (Å²) in [6, 6.07) is 1.32. The maximum absolute atomic E-state index is 5.46. The van der Waals surface area contributed by atoms with Crippen LogP contribution in [0.4, 0.5) is 0 Å². The van der Waals surface area contributed by atoms with Gasteiger partial charge < -0.3 is 10.6 Å². The average Bonchev–Trinajstić information content (AvgIpc) is 2.92. The van der Waals surface area contributed by atoms with Gasteiger partial charge in [0.25, 0.3) is 0 Å². The van der Waals surface area contributed by atoms with Gasteiger partial charge in [0, 0.05) is 12.1 Å². The summed E-state index contributed by atoms with van der Waals surface area (Å²) in [6.45, 7) is 0. The number of thiocarbonyl (C=S) groups is 1. The summed E-state index contributed by atoms with van der Waals surface area (Å²) in [6.07, 6.45) is 12.4. The predicted octanol–water partition coefficient (Wildman–Crippen LogP) is 2.97. The molecule has 3 fully saturated rings. The van der Waals surface area contributed by atoms with Crippen LogP contribution in [0, 0.1) is 11.8 Å². The summed E-state index contributed by atoms with van der Waals surface area (Å²) in [7, 11) is 0. The molecule has 0 unspecified atom stereocenters. The van der Waals surface area contributed by atoms with Crippen molar-refractivity contribution in [3.8, 4) is 0 Å². The number of hydrogen-bond acceptors (Lipinski definition) is 1. The molecule has 2 nitrogen and oxygen atoms in total. The van der Waals surface area contributed by atoms with E-state index in [1.807, 2.05) is 0 Å². The van der Waals surface area contributed by atoms with Gasteiger partial charge in [0.2, 0.25) is 0 Å². The molecule has 17 heavy (non-hydrogen) atoms. The summed E-state index contributed by atoms with van der Waals surface area (Å²) in [5.74, 6) is 1.90. The van der Waals surface area contributed by atoms with E-state index >= 15 is 0 Å². The Bertz CT molecular complexity index is 286. The quantitative estimate of drug-likeness (QED) is 0.739. The van der Waals surface area contributed by atoms with E-state index < -0.39 is 0 Å². The van der Waals surface area contributed by atoms with Crippen LogP contribution in [0.25, 0.3) is 0 Å². The van der Waals surface area contributed by atoms with Crippen LogP contribution in [-0.4, -0.2) is 17.2 Å². The monoisotopic (exact) mass is 252 g/mol. The Hall–Kier alpha value is -0.310. The first kappa shape index (κ1) is 11.8. The lowest BCUT2D eigenvalue weighted by Gasteiger charge is -2.28. The number of fused-ring (bicyclic) bond motifs is 2. The van der Waals surface area contributed by atoms with Crippen molar-refractivity contribution in [1.29, 1.82) is 0 Å². The highest BCUT2D eigenvalue weighted by Crippen LogP contribution is 2.44. The predicted molar refractivity (Wildman–Crippen MR) is 75.0 cm³/mol. The molecule has 0 spiro atoms. The summed E-state index contributed by atoms with van der Waals surface area (Å²) in [5, 5.41) is 8.03. The Kier molecular flexibility index (Phi) is 3.55. The zero-order valence-corrected chi connectivity index (χ0v) is 11.4. The van der Waals surface area contributed by atoms with Gasteiger partial charge in [-0.1, -0.05) is 25.7 Å². The van der Waals surface area contributed by atoms with Crippen molar-refractivity contribution < 1.29 is 0 Å². The molecule has 0 aromatic rings. The van der Waals surface area contributed by atoms with E-state index in [0.29, 0.717) is 12.1 Å². The van der Waals surface area contributed by atoms with Gasteiger partial charge in [0.15, 0.2) is 5.11 Å². The normalized spacial score (nSPS) is 37.1. The number of rotatable bonds is 2. The van der Waals surface area contributed by atoms with E-state index in [0.717, 1.165) is 16.9 Å². The first-order valence-corrected chi connectivity index (χ1v) is 7.79. The molecular formula is C14H24N2S. The molecule has 3 aliphatic rings. The van der Waals surface area contributed by atoms with Gasteiger partial charge in [-0.2, -0.15) is 0 Å². The van der Waals surface area contributed by atoms with E-state index in [1.165, 1.54) is 57.8 Å². The van der Waals surface area contributed by atoms with Crippen molar-refractivity contribution in [3.63, 3.8) is 0 Å². The van der Waals surface area contributed by atoms with Gasteiger partial charge >= 0.3 is 0 Å². The molecule has 0 aromatic heterocycles. The third-order valence-corrected chi connectivity index (χ3v) is 5.23. The molecule has 96 valence electrons. The Morgan fingerprint density at radius 3 is 2.35 bits per heavy atom. The van der Waals surface area contributed by atoms with Crippen molar-refractivity contribution in [2.75, 3.05) is 0 Å². The average molecular weight is 252 g/mol. The maximum atomic E-state index is 5.46. The molecule has 0 heterocycles. The SMILES string of the molecule is S=C(NC1CCCCC1)N[C@H]1C[C@H]2CC[C@H]1C2. The van der Waals surface area contributed by atoms with E-state index in [1.54, 1.807) is 0 Å². The molecule has 0 amide bonds. The van der Waals surface area contributed by atoms with Crippen LogP contribution >= 0.6 is 12.2 Å². The third-order valence-electron chi connectivity index (χ3n) is 4.99. The minimum absolute atomic E-state index is 0.641. The minimum atomic E-state index is 0.641. The summed E-state index contributed by atoms with van der Waals surface area (Å²) >= 11 is 5.46. The second-order valence-electron chi connectivity index (χ2n) is 6.23. The molecule has 3 atom stereocenters. The third kappa shape index (κ3) is 2.75. The van der Waals surface area contributed by atoms with Crippen molar-refractivity contribution in [3.05, 3.63) is 0 Å². The maximum Gasteiger partial charge on any atom is 0.166 e. The van der Waals surface area contributed by atoms with E-state index in [9.17, 15) is 0 Å². The van der Waals surface area contributed by atoms with E-state index in [4.69, 9.17) is 12.2 Å². The molecule has 0 saturated heterocycles. The first-order valence-electron chi connectivity index (χ1n) is 7.38. The second kappa shape index (κ2) is 5.13. The molecule has 2 bridgehead atoms. The highest BCUT2D eigenvalue weighted by Gasteiger charge is 2.39. The highest BCUT2D eigenvalue weighted by molar-refractivity contribution is 7.80. The summed E-state index contributed by atoms with van der Waals surface area (Å²) in [4.78, 5) is 0. The Morgan fingerprint density at radius 1 is 0.882 bits per heavy atom. The van der Waals surface area contributed by atoms with Crippen LogP contribution in [0.5, 0.6) is 0 Å². The molecule has 3 saturated carbocycles. The number of nitrogens with one attached hydrogen (secondary N) is 2. The van der Waals surface area contributed by atoms with Gasteiger partial charge in [-0.3, -0.25) is 0 Å². The van der Waals surface area contributed by atoms with Gasteiger partial charge in [-0.15, -0.1) is 0 Å². The lowest BCUT2D eigenvalue weighted by Crippen LogP contribution is -2.48. The molecule has 2 N–H and O–H groups in total.